The van der Waals surface area contributed by atoms with E-state index >= 15 is 0 Å². The summed E-state index contributed by atoms with van der Waals surface area (Å²) < 4.78 is 4.88. The zero-order valence-electron chi connectivity index (χ0n) is 9.36. The first-order valence-corrected chi connectivity index (χ1v) is 5.19. The zero-order valence-corrected chi connectivity index (χ0v) is 9.36. The summed E-state index contributed by atoms with van der Waals surface area (Å²) in [6, 6.07) is 0. The van der Waals surface area contributed by atoms with E-state index in [1.165, 1.54) is 0 Å². The van der Waals surface area contributed by atoms with Crippen LogP contribution in [0.5, 0.6) is 0 Å². The van der Waals surface area contributed by atoms with E-state index in [0.29, 0.717) is 13.2 Å². The Kier molecular flexibility index (Phi) is 7.62. The lowest BCUT2D eigenvalue weighted by Gasteiger charge is -2.17. The Balaban J connectivity index is 3.49. The van der Waals surface area contributed by atoms with Gasteiger partial charge in [-0.1, -0.05) is 13.8 Å². The molecule has 88 valence electrons. The Hall–Kier alpha value is -1.10. The molecule has 0 radical (unpaired) electrons. The van der Waals surface area contributed by atoms with Gasteiger partial charge in [0, 0.05) is 6.54 Å². The lowest BCUT2D eigenvalue weighted by atomic mass is 10.3. The van der Waals surface area contributed by atoms with Gasteiger partial charge < -0.3 is 14.7 Å². The smallest absolute Gasteiger partial charge is 0.306 e. The van der Waals surface area contributed by atoms with E-state index in [2.05, 4.69) is 4.90 Å². The molecule has 0 rings (SSSR count). The third-order valence-electron chi connectivity index (χ3n) is 2.11. The number of carboxylic acids is 1. The van der Waals surface area contributed by atoms with Gasteiger partial charge in [0.15, 0.2) is 0 Å². The van der Waals surface area contributed by atoms with Crippen molar-refractivity contribution in [2.45, 2.75) is 26.7 Å². The lowest BCUT2D eigenvalue weighted by molar-refractivity contribution is -0.148. The Morgan fingerprint density at radius 3 is 2.27 bits per heavy atom. The van der Waals surface area contributed by atoms with Crippen LogP contribution >= 0.6 is 0 Å². The molecule has 0 aliphatic heterocycles. The van der Waals surface area contributed by atoms with Crippen LogP contribution in [0.15, 0.2) is 0 Å². The van der Waals surface area contributed by atoms with Crippen molar-refractivity contribution in [2.75, 3.05) is 26.2 Å². The van der Waals surface area contributed by atoms with Crippen LogP contribution in [-0.4, -0.2) is 48.2 Å². The Bertz CT molecular complexity index is 202. The van der Waals surface area contributed by atoms with E-state index in [1.54, 1.807) is 0 Å². The molecule has 0 aliphatic rings. The normalized spacial score (nSPS) is 10.3. The molecule has 0 saturated carbocycles. The first-order valence-electron chi connectivity index (χ1n) is 5.19. The molecule has 0 fully saturated rings. The van der Waals surface area contributed by atoms with Crippen molar-refractivity contribution >= 4 is 11.9 Å². The van der Waals surface area contributed by atoms with Gasteiger partial charge in [0.05, 0.1) is 12.8 Å². The first kappa shape index (κ1) is 13.9. The molecular weight excluding hydrogens is 198 g/mol. The highest BCUT2D eigenvalue weighted by Crippen LogP contribution is 1.94. The van der Waals surface area contributed by atoms with Gasteiger partial charge in [-0.05, 0) is 13.1 Å². The lowest BCUT2D eigenvalue weighted by Crippen LogP contribution is -2.27. The van der Waals surface area contributed by atoms with Crippen molar-refractivity contribution in [3.8, 4) is 0 Å². The number of nitrogens with zero attached hydrogens (tertiary/aromatic N) is 1. The number of ether oxygens (including phenoxy) is 1. The maximum atomic E-state index is 11.0. The summed E-state index contributed by atoms with van der Waals surface area (Å²) in [7, 11) is 0. The van der Waals surface area contributed by atoms with E-state index in [-0.39, 0.29) is 12.8 Å². The van der Waals surface area contributed by atoms with Crippen LogP contribution in [0.25, 0.3) is 0 Å². The maximum absolute atomic E-state index is 11.0. The van der Waals surface area contributed by atoms with Crippen LogP contribution in [0, 0.1) is 0 Å². The summed E-state index contributed by atoms with van der Waals surface area (Å²) in [6.45, 7) is 6.95. The topological polar surface area (TPSA) is 66.8 Å². The fourth-order valence-electron chi connectivity index (χ4n) is 1.11. The van der Waals surface area contributed by atoms with E-state index in [1.807, 2.05) is 13.8 Å². The predicted molar refractivity (Wildman–Crippen MR) is 55.6 cm³/mol. The van der Waals surface area contributed by atoms with E-state index in [0.717, 1.165) is 13.1 Å². The minimum absolute atomic E-state index is 0.0480. The highest BCUT2D eigenvalue weighted by atomic mass is 16.5. The minimum Gasteiger partial charge on any atom is -0.481 e. The van der Waals surface area contributed by atoms with Crippen molar-refractivity contribution < 1.29 is 19.4 Å². The van der Waals surface area contributed by atoms with Gasteiger partial charge in [0.1, 0.15) is 6.61 Å². The fraction of sp³-hybridized carbons (Fsp3) is 0.800. The Labute approximate surface area is 90.0 Å². The molecule has 5 heteroatoms. The molecule has 0 aromatic heterocycles. The monoisotopic (exact) mass is 217 g/mol. The van der Waals surface area contributed by atoms with Crippen molar-refractivity contribution in [2.24, 2.45) is 0 Å². The van der Waals surface area contributed by atoms with Gasteiger partial charge >= 0.3 is 11.9 Å². The third-order valence-corrected chi connectivity index (χ3v) is 2.11. The van der Waals surface area contributed by atoms with Crippen LogP contribution in [0.3, 0.4) is 0 Å². The van der Waals surface area contributed by atoms with Crippen molar-refractivity contribution in [1.82, 2.24) is 4.90 Å². The SMILES string of the molecule is CCN(CC)CCOC(=O)CCC(=O)O. The number of esters is 1. The van der Waals surface area contributed by atoms with Gasteiger partial charge in [-0.3, -0.25) is 9.59 Å². The summed E-state index contributed by atoms with van der Waals surface area (Å²) in [5.74, 6) is -1.42. The molecule has 1 N–H and O–H groups in total. The van der Waals surface area contributed by atoms with Gasteiger partial charge in [0.25, 0.3) is 0 Å². The van der Waals surface area contributed by atoms with E-state index in [4.69, 9.17) is 9.84 Å². The highest BCUT2D eigenvalue weighted by molar-refractivity contribution is 5.76. The number of hydrogen-bond acceptors (Lipinski definition) is 4. The quantitative estimate of drug-likeness (QED) is 0.607. The average molecular weight is 217 g/mol. The summed E-state index contributed by atoms with van der Waals surface area (Å²) in [4.78, 5) is 23.3. The second-order valence-electron chi connectivity index (χ2n) is 3.14. The van der Waals surface area contributed by atoms with Gasteiger partial charge in [-0.25, -0.2) is 0 Å². The molecule has 0 aromatic carbocycles. The molecule has 0 amide bonds. The third kappa shape index (κ3) is 7.93. The molecule has 0 heterocycles. The van der Waals surface area contributed by atoms with Crippen LogP contribution < -0.4 is 0 Å². The summed E-state index contributed by atoms with van der Waals surface area (Å²) >= 11 is 0. The summed E-state index contributed by atoms with van der Waals surface area (Å²) in [6.07, 6.45) is -0.211. The van der Waals surface area contributed by atoms with Crippen LogP contribution in [0.4, 0.5) is 0 Å². The number of likely N-dealkylation sites (N-methyl/N-ethyl adjacent to an activating group) is 1. The van der Waals surface area contributed by atoms with Gasteiger partial charge in [-0.2, -0.15) is 0 Å². The van der Waals surface area contributed by atoms with Crippen molar-refractivity contribution in [1.29, 1.82) is 0 Å². The number of carboxylic acid groups (broad SMARTS) is 1. The fourth-order valence-corrected chi connectivity index (χ4v) is 1.11. The van der Waals surface area contributed by atoms with E-state index < -0.39 is 11.9 Å². The predicted octanol–water partition coefficient (Wildman–Crippen LogP) is 0.736. The minimum atomic E-state index is -0.976. The second kappa shape index (κ2) is 8.23. The molecule has 0 unspecified atom stereocenters. The van der Waals surface area contributed by atoms with Gasteiger partial charge in [-0.15, -0.1) is 0 Å². The maximum Gasteiger partial charge on any atom is 0.306 e. The molecule has 0 aliphatic carbocycles. The number of hydrogen-bond donors (Lipinski definition) is 1. The summed E-state index contributed by atoms with van der Waals surface area (Å²) in [5.41, 5.74) is 0. The van der Waals surface area contributed by atoms with Crippen LogP contribution in [0.2, 0.25) is 0 Å². The second-order valence-corrected chi connectivity index (χ2v) is 3.14. The molecule has 0 bridgehead atoms. The number of carbonyl (C=O) groups is 2. The Morgan fingerprint density at radius 2 is 1.80 bits per heavy atom. The van der Waals surface area contributed by atoms with E-state index in [9.17, 15) is 9.59 Å². The molecule has 0 aromatic rings. The standard InChI is InChI=1S/C10H19NO4/c1-3-11(4-2)7-8-15-10(14)6-5-9(12)13/h3-8H2,1-2H3,(H,12,13). The zero-order chi connectivity index (χ0) is 11.7. The molecule has 0 saturated heterocycles. The van der Waals surface area contributed by atoms with Crippen molar-refractivity contribution in [3.63, 3.8) is 0 Å². The molecule has 0 atom stereocenters. The van der Waals surface area contributed by atoms with Gasteiger partial charge in [0.2, 0.25) is 0 Å². The number of aliphatic carboxylic acids is 1. The largest absolute Gasteiger partial charge is 0.481 e. The van der Waals surface area contributed by atoms with Crippen molar-refractivity contribution in [3.05, 3.63) is 0 Å². The first-order chi connectivity index (χ1) is 7.10. The average Bonchev–Trinajstić information content (AvgIpc) is 2.21. The number of rotatable bonds is 8. The Morgan fingerprint density at radius 1 is 1.20 bits per heavy atom. The number of carbonyl (C=O) groups excluding carboxylic acids is 1. The molecule has 15 heavy (non-hydrogen) atoms. The van der Waals surface area contributed by atoms with Crippen LogP contribution in [-0.2, 0) is 14.3 Å². The molecular formula is C10H19NO4. The molecule has 0 spiro atoms. The molecule has 5 nitrogen and oxygen atoms in total. The highest BCUT2D eigenvalue weighted by Gasteiger charge is 2.07. The van der Waals surface area contributed by atoms with Crippen LogP contribution in [0.1, 0.15) is 26.7 Å². The summed E-state index contributed by atoms with van der Waals surface area (Å²) in [5, 5.41) is 8.34.